The Morgan fingerprint density at radius 3 is 2.47 bits per heavy atom. The van der Waals surface area contributed by atoms with Crippen molar-refractivity contribution in [3.63, 3.8) is 0 Å². The minimum Gasteiger partial charge on any atom is -0.212 e. The molecule has 0 radical (unpaired) electrons. The largest absolute Gasteiger partial charge is 0.215 e. The Labute approximate surface area is 105 Å². The smallest absolute Gasteiger partial charge is 0.212 e. The number of fused-ring (bicyclic) bond motifs is 1. The molecule has 4 heteroatoms. The lowest BCUT2D eigenvalue weighted by atomic mass is 9.69. The van der Waals surface area contributed by atoms with Crippen molar-refractivity contribution in [1.29, 1.82) is 0 Å². The van der Waals surface area contributed by atoms with Crippen molar-refractivity contribution in [3.05, 3.63) is 0 Å². The first kappa shape index (κ1) is 12.0. The van der Waals surface area contributed by atoms with Gasteiger partial charge < -0.3 is 0 Å². The van der Waals surface area contributed by atoms with Crippen LogP contribution in [0, 0.1) is 16.7 Å². The molecule has 3 unspecified atom stereocenters. The highest BCUT2D eigenvalue weighted by atomic mass is 32.2. The molecule has 0 aromatic rings. The molecule has 17 heavy (non-hydrogen) atoms. The predicted octanol–water partition coefficient (Wildman–Crippen LogP) is 2.24. The quantitative estimate of drug-likeness (QED) is 0.722. The summed E-state index contributed by atoms with van der Waals surface area (Å²) in [7, 11) is -3.03. The van der Waals surface area contributed by atoms with E-state index in [9.17, 15) is 8.42 Å². The summed E-state index contributed by atoms with van der Waals surface area (Å²) in [5.74, 6) is 1.12. The molecule has 2 aliphatic carbocycles. The molecule has 1 heterocycles. The molecule has 0 aromatic carbocycles. The fraction of sp³-hybridized carbons (Fsp3) is 1.00. The Kier molecular flexibility index (Phi) is 2.17. The molecule has 1 aliphatic heterocycles. The van der Waals surface area contributed by atoms with Crippen LogP contribution in [-0.2, 0) is 10.0 Å². The summed E-state index contributed by atoms with van der Waals surface area (Å²) in [5, 5.41) is 0. The third-order valence-corrected chi connectivity index (χ3v) is 8.16. The standard InChI is InChI=1S/C13H23NO2S/c1-9(2)14-11-7-10-5-6-13(11,12(10,3)4)8-17(14,15)16/h9-11H,5-8H2,1-4H3. The summed E-state index contributed by atoms with van der Waals surface area (Å²) in [5.41, 5.74) is 0.245. The zero-order chi connectivity index (χ0) is 12.6. The van der Waals surface area contributed by atoms with Crippen LogP contribution in [0.4, 0.5) is 0 Å². The first-order valence-electron chi connectivity index (χ1n) is 6.73. The fourth-order valence-corrected chi connectivity index (χ4v) is 7.83. The van der Waals surface area contributed by atoms with E-state index in [1.165, 1.54) is 6.42 Å². The number of sulfonamides is 1. The third-order valence-electron chi connectivity index (χ3n) is 5.97. The van der Waals surface area contributed by atoms with Crippen molar-refractivity contribution in [2.75, 3.05) is 5.75 Å². The first-order chi connectivity index (χ1) is 7.72. The maximum atomic E-state index is 12.4. The monoisotopic (exact) mass is 257 g/mol. The lowest BCUT2D eigenvalue weighted by molar-refractivity contribution is 0.105. The Bertz CT molecular complexity index is 454. The van der Waals surface area contributed by atoms with Gasteiger partial charge in [0.05, 0.1) is 5.75 Å². The summed E-state index contributed by atoms with van der Waals surface area (Å²) < 4.78 is 26.7. The van der Waals surface area contributed by atoms with Crippen LogP contribution in [0.25, 0.3) is 0 Å². The first-order valence-corrected chi connectivity index (χ1v) is 8.34. The normalized spacial score (nSPS) is 46.6. The van der Waals surface area contributed by atoms with E-state index in [1.54, 1.807) is 0 Å². The molecular formula is C13H23NO2S. The molecule has 2 saturated carbocycles. The van der Waals surface area contributed by atoms with Gasteiger partial charge in [0.2, 0.25) is 10.0 Å². The highest BCUT2D eigenvalue weighted by Gasteiger charge is 2.71. The molecule has 3 aliphatic rings. The van der Waals surface area contributed by atoms with E-state index in [-0.39, 0.29) is 22.9 Å². The second-order valence-electron chi connectivity index (χ2n) is 7.04. The number of hydrogen-bond donors (Lipinski definition) is 0. The maximum absolute atomic E-state index is 12.4. The molecule has 0 amide bonds. The van der Waals surface area contributed by atoms with Crippen LogP contribution in [0.15, 0.2) is 0 Å². The zero-order valence-corrected chi connectivity index (χ0v) is 12.0. The predicted molar refractivity (Wildman–Crippen MR) is 68.1 cm³/mol. The molecule has 1 saturated heterocycles. The summed E-state index contributed by atoms with van der Waals surface area (Å²) in [4.78, 5) is 0. The average Bonchev–Trinajstić information content (AvgIpc) is 2.62. The Hall–Kier alpha value is -0.0900. The van der Waals surface area contributed by atoms with Gasteiger partial charge in [0.15, 0.2) is 0 Å². The van der Waals surface area contributed by atoms with Crippen LogP contribution in [0.2, 0.25) is 0 Å². The third kappa shape index (κ3) is 1.19. The Morgan fingerprint density at radius 2 is 1.94 bits per heavy atom. The molecule has 3 fully saturated rings. The van der Waals surface area contributed by atoms with Crippen LogP contribution >= 0.6 is 0 Å². The van der Waals surface area contributed by atoms with Crippen molar-refractivity contribution >= 4 is 10.0 Å². The second-order valence-corrected chi connectivity index (χ2v) is 8.92. The van der Waals surface area contributed by atoms with Crippen molar-refractivity contribution in [1.82, 2.24) is 4.31 Å². The molecule has 0 N–H and O–H groups in total. The van der Waals surface area contributed by atoms with Crippen LogP contribution in [0.5, 0.6) is 0 Å². The highest BCUT2D eigenvalue weighted by molar-refractivity contribution is 7.89. The van der Waals surface area contributed by atoms with Gasteiger partial charge in [-0.25, -0.2) is 8.42 Å². The number of nitrogens with zero attached hydrogens (tertiary/aromatic N) is 1. The fourth-order valence-electron chi connectivity index (χ4n) is 5.00. The van der Waals surface area contributed by atoms with Crippen molar-refractivity contribution in [2.45, 2.75) is 59.0 Å². The average molecular weight is 257 g/mol. The van der Waals surface area contributed by atoms with Crippen molar-refractivity contribution in [2.24, 2.45) is 16.7 Å². The van der Waals surface area contributed by atoms with Gasteiger partial charge in [0.25, 0.3) is 0 Å². The molecule has 3 rings (SSSR count). The SMILES string of the molecule is CC(C)N1C2CC3CCC2(CS1(=O)=O)C3(C)C. The number of rotatable bonds is 1. The molecule has 3 atom stereocenters. The van der Waals surface area contributed by atoms with E-state index in [4.69, 9.17) is 0 Å². The Morgan fingerprint density at radius 1 is 1.29 bits per heavy atom. The van der Waals surface area contributed by atoms with Crippen molar-refractivity contribution in [3.8, 4) is 0 Å². The second kappa shape index (κ2) is 3.08. The van der Waals surface area contributed by atoms with Gasteiger partial charge in [-0.3, -0.25) is 0 Å². The van der Waals surface area contributed by atoms with E-state index in [0.29, 0.717) is 5.75 Å². The van der Waals surface area contributed by atoms with Gasteiger partial charge in [0.1, 0.15) is 0 Å². The van der Waals surface area contributed by atoms with Crippen molar-refractivity contribution < 1.29 is 8.42 Å². The Balaban J connectivity index is 2.12. The van der Waals surface area contributed by atoms with Gasteiger partial charge in [-0.15, -0.1) is 0 Å². The highest BCUT2D eigenvalue weighted by Crippen LogP contribution is 2.70. The van der Waals surface area contributed by atoms with Crippen LogP contribution in [0.3, 0.4) is 0 Å². The van der Waals surface area contributed by atoms with Gasteiger partial charge in [-0.2, -0.15) is 4.31 Å². The molecule has 3 nitrogen and oxygen atoms in total. The van der Waals surface area contributed by atoms with Crippen LogP contribution in [-0.4, -0.2) is 30.6 Å². The molecule has 1 spiro atoms. The topological polar surface area (TPSA) is 37.4 Å². The van der Waals surface area contributed by atoms with Gasteiger partial charge in [-0.05, 0) is 44.4 Å². The molecular weight excluding hydrogens is 234 g/mol. The van der Waals surface area contributed by atoms with E-state index >= 15 is 0 Å². The van der Waals surface area contributed by atoms with E-state index in [2.05, 4.69) is 13.8 Å². The minimum atomic E-state index is -3.03. The van der Waals surface area contributed by atoms with Gasteiger partial charge >= 0.3 is 0 Å². The lowest BCUT2D eigenvalue weighted by Crippen LogP contribution is -2.44. The molecule has 2 bridgehead atoms. The lowest BCUT2D eigenvalue weighted by Gasteiger charge is -2.38. The molecule has 0 aromatic heterocycles. The summed E-state index contributed by atoms with van der Waals surface area (Å²) in [6, 6.07) is 0.390. The van der Waals surface area contributed by atoms with Crippen LogP contribution in [0.1, 0.15) is 47.0 Å². The summed E-state index contributed by atoms with van der Waals surface area (Å²) in [6.07, 6.45) is 3.42. The zero-order valence-electron chi connectivity index (χ0n) is 11.2. The van der Waals surface area contributed by atoms with Crippen LogP contribution < -0.4 is 0 Å². The van der Waals surface area contributed by atoms with E-state index in [0.717, 1.165) is 18.8 Å². The number of hydrogen-bond acceptors (Lipinski definition) is 2. The molecule has 98 valence electrons. The van der Waals surface area contributed by atoms with Gasteiger partial charge in [-0.1, -0.05) is 13.8 Å². The summed E-state index contributed by atoms with van der Waals surface area (Å²) in [6.45, 7) is 8.61. The summed E-state index contributed by atoms with van der Waals surface area (Å²) >= 11 is 0. The van der Waals surface area contributed by atoms with Gasteiger partial charge in [0, 0.05) is 17.5 Å². The van der Waals surface area contributed by atoms with E-state index < -0.39 is 10.0 Å². The minimum absolute atomic E-state index is 0.0424. The maximum Gasteiger partial charge on any atom is 0.215 e. The van der Waals surface area contributed by atoms with E-state index in [1.807, 2.05) is 18.2 Å².